The fourth-order valence-corrected chi connectivity index (χ4v) is 1.85. The van der Waals surface area contributed by atoms with Crippen LogP contribution in [0.5, 0.6) is 0 Å². The molecule has 0 aliphatic carbocycles. The second-order valence-corrected chi connectivity index (χ2v) is 3.71. The Balaban J connectivity index is 1.96. The van der Waals surface area contributed by atoms with Gasteiger partial charge >= 0.3 is 0 Å². The van der Waals surface area contributed by atoms with Crippen LogP contribution in [-0.2, 0) is 0 Å². The fourth-order valence-electron chi connectivity index (χ4n) is 1.85. The lowest BCUT2D eigenvalue weighted by molar-refractivity contribution is 0.347. The topological polar surface area (TPSA) is 12.0 Å². The first-order valence-corrected chi connectivity index (χ1v) is 5.14. The van der Waals surface area contributed by atoms with Gasteiger partial charge in [0.15, 0.2) is 0 Å². The lowest BCUT2D eigenvalue weighted by Gasteiger charge is -2.22. The molecule has 0 saturated carbocycles. The van der Waals surface area contributed by atoms with Gasteiger partial charge in [-0.3, -0.25) is 0 Å². The third-order valence-corrected chi connectivity index (χ3v) is 2.61. The smallest absolute Gasteiger partial charge is 0.00205 e. The van der Waals surface area contributed by atoms with E-state index in [4.69, 9.17) is 0 Å². The number of piperidine rings is 1. The standard InChI is InChI=1S/C10H21N/c1-2-3-4-6-10-7-5-8-11-9-10/h10-11H,2-9H2,1H3/t10-/m0/s1. The molecule has 1 heteroatoms. The highest BCUT2D eigenvalue weighted by Crippen LogP contribution is 2.17. The van der Waals surface area contributed by atoms with Crippen LogP contribution >= 0.6 is 0 Å². The van der Waals surface area contributed by atoms with Crippen molar-refractivity contribution in [3.63, 3.8) is 0 Å². The molecular formula is C10H21N. The van der Waals surface area contributed by atoms with E-state index >= 15 is 0 Å². The first-order valence-electron chi connectivity index (χ1n) is 5.14. The van der Waals surface area contributed by atoms with E-state index in [0.29, 0.717) is 0 Å². The molecule has 1 atom stereocenters. The highest BCUT2D eigenvalue weighted by molar-refractivity contribution is 4.68. The molecule has 1 nitrogen and oxygen atoms in total. The van der Waals surface area contributed by atoms with E-state index in [-0.39, 0.29) is 0 Å². The molecule has 66 valence electrons. The average molecular weight is 155 g/mol. The Kier molecular flexibility index (Phi) is 4.60. The summed E-state index contributed by atoms with van der Waals surface area (Å²) in [7, 11) is 0. The van der Waals surface area contributed by atoms with Gasteiger partial charge in [0.1, 0.15) is 0 Å². The van der Waals surface area contributed by atoms with Crippen LogP contribution < -0.4 is 5.32 Å². The Morgan fingerprint density at radius 2 is 2.27 bits per heavy atom. The van der Waals surface area contributed by atoms with Crippen LogP contribution in [0.2, 0.25) is 0 Å². The maximum atomic E-state index is 3.46. The SMILES string of the molecule is CCCCC[C@H]1CCCNC1. The summed E-state index contributed by atoms with van der Waals surface area (Å²) in [6.45, 7) is 4.81. The molecule has 1 fully saturated rings. The second-order valence-electron chi connectivity index (χ2n) is 3.71. The summed E-state index contributed by atoms with van der Waals surface area (Å²) in [5.41, 5.74) is 0. The van der Waals surface area contributed by atoms with E-state index < -0.39 is 0 Å². The van der Waals surface area contributed by atoms with E-state index in [1.54, 1.807) is 0 Å². The van der Waals surface area contributed by atoms with E-state index in [0.717, 1.165) is 5.92 Å². The summed E-state index contributed by atoms with van der Waals surface area (Å²) in [4.78, 5) is 0. The molecule has 0 spiro atoms. The molecule has 1 rings (SSSR count). The van der Waals surface area contributed by atoms with Crippen molar-refractivity contribution in [2.24, 2.45) is 5.92 Å². The third kappa shape index (κ3) is 3.76. The van der Waals surface area contributed by atoms with Crippen molar-refractivity contribution >= 4 is 0 Å². The minimum absolute atomic E-state index is 0.996. The molecule has 1 N–H and O–H groups in total. The van der Waals surface area contributed by atoms with Gasteiger partial charge in [-0.15, -0.1) is 0 Å². The van der Waals surface area contributed by atoms with Crippen LogP contribution in [-0.4, -0.2) is 13.1 Å². The van der Waals surface area contributed by atoms with Gasteiger partial charge in [-0.2, -0.15) is 0 Å². The van der Waals surface area contributed by atoms with Gasteiger partial charge in [-0.05, 0) is 38.3 Å². The van der Waals surface area contributed by atoms with Crippen molar-refractivity contribution in [1.29, 1.82) is 0 Å². The van der Waals surface area contributed by atoms with Crippen molar-refractivity contribution < 1.29 is 0 Å². The molecule has 0 aromatic rings. The van der Waals surface area contributed by atoms with Gasteiger partial charge < -0.3 is 5.32 Å². The molecule has 0 aromatic carbocycles. The summed E-state index contributed by atoms with van der Waals surface area (Å²) in [5.74, 6) is 0.996. The minimum Gasteiger partial charge on any atom is -0.316 e. The van der Waals surface area contributed by atoms with E-state index in [2.05, 4.69) is 12.2 Å². The van der Waals surface area contributed by atoms with Crippen LogP contribution in [0, 0.1) is 5.92 Å². The molecule has 0 radical (unpaired) electrons. The lowest BCUT2D eigenvalue weighted by atomic mass is 9.94. The largest absolute Gasteiger partial charge is 0.316 e. The molecule has 0 amide bonds. The van der Waals surface area contributed by atoms with Crippen LogP contribution in [0.25, 0.3) is 0 Å². The summed E-state index contributed by atoms with van der Waals surface area (Å²) in [5, 5.41) is 3.46. The molecule has 1 saturated heterocycles. The number of rotatable bonds is 4. The maximum absolute atomic E-state index is 3.46. The van der Waals surface area contributed by atoms with Crippen molar-refractivity contribution in [2.45, 2.75) is 45.4 Å². The molecule has 1 aliphatic heterocycles. The first kappa shape index (κ1) is 9.05. The van der Waals surface area contributed by atoms with E-state index in [1.165, 1.54) is 51.6 Å². The van der Waals surface area contributed by atoms with Gasteiger partial charge in [-0.1, -0.05) is 26.2 Å². The Bertz CT molecular complexity index is 84.9. The van der Waals surface area contributed by atoms with Gasteiger partial charge in [0.2, 0.25) is 0 Å². The number of nitrogens with one attached hydrogen (secondary N) is 1. The Morgan fingerprint density at radius 1 is 1.36 bits per heavy atom. The van der Waals surface area contributed by atoms with E-state index in [9.17, 15) is 0 Å². The van der Waals surface area contributed by atoms with E-state index in [1.807, 2.05) is 0 Å². The summed E-state index contributed by atoms with van der Waals surface area (Å²) < 4.78 is 0. The van der Waals surface area contributed by atoms with Crippen molar-refractivity contribution in [3.8, 4) is 0 Å². The van der Waals surface area contributed by atoms with Gasteiger partial charge in [0, 0.05) is 0 Å². The fraction of sp³-hybridized carbons (Fsp3) is 1.00. The Labute approximate surface area is 70.6 Å². The monoisotopic (exact) mass is 155 g/mol. The van der Waals surface area contributed by atoms with Crippen molar-refractivity contribution in [3.05, 3.63) is 0 Å². The summed E-state index contributed by atoms with van der Waals surface area (Å²) in [6.07, 6.45) is 8.56. The Morgan fingerprint density at radius 3 is 2.91 bits per heavy atom. The zero-order chi connectivity index (χ0) is 7.94. The zero-order valence-corrected chi connectivity index (χ0v) is 7.73. The normalized spacial score (nSPS) is 25.4. The summed E-state index contributed by atoms with van der Waals surface area (Å²) in [6, 6.07) is 0. The van der Waals surface area contributed by atoms with Crippen LogP contribution in [0.1, 0.15) is 45.4 Å². The number of unbranched alkanes of at least 4 members (excludes halogenated alkanes) is 2. The highest BCUT2D eigenvalue weighted by Gasteiger charge is 2.11. The predicted octanol–water partition coefficient (Wildman–Crippen LogP) is 2.57. The molecular weight excluding hydrogens is 134 g/mol. The maximum Gasteiger partial charge on any atom is -0.00205 e. The third-order valence-electron chi connectivity index (χ3n) is 2.61. The quantitative estimate of drug-likeness (QED) is 0.615. The second kappa shape index (κ2) is 5.59. The molecule has 0 unspecified atom stereocenters. The van der Waals surface area contributed by atoms with Crippen molar-refractivity contribution in [2.75, 3.05) is 13.1 Å². The first-order chi connectivity index (χ1) is 5.43. The van der Waals surface area contributed by atoms with Crippen LogP contribution in [0.4, 0.5) is 0 Å². The van der Waals surface area contributed by atoms with Gasteiger partial charge in [-0.25, -0.2) is 0 Å². The van der Waals surface area contributed by atoms with Crippen LogP contribution in [0.15, 0.2) is 0 Å². The zero-order valence-electron chi connectivity index (χ0n) is 7.73. The summed E-state index contributed by atoms with van der Waals surface area (Å²) >= 11 is 0. The molecule has 11 heavy (non-hydrogen) atoms. The Hall–Kier alpha value is -0.0400. The molecule has 0 bridgehead atoms. The molecule has 0 aromatic heterocycles. The van der Waals surface area contributed by atoms with Gasteiger partial charge in [0.05, 0.1) is 0 Å². The number of hydrogen-bond acceptors (Lipinski definition) is 1. The molecule has 1 aliphatic rings. The average Bonchev–Trinajstić information content (AvgIpc) is 2.07. The highest BCUT2D eigenvalue weighted by atomic mass is 14.9. The number of hydrogen-bond donors (Lipinski definition) is 1. The predicted molar refractivity (Wildman–Crippen MR) is 49.7 cm³/mol. The van der Waals surface area contributed by atoms with Crippen LogP contribution in [0.3, 0.4) is 0 Å². The van der Waals surface area contributed by atoms with Crippen molar-refractivity contribution in [1.82, 2.24) is 5.32 Å². The molecule has 1 heterocycles. The van der Waals surface area contributed by atoms with Gasteiger partial charge in [0.25, 0.3) is 0 Å². The lowest BCUT2D eigenvalue weighted by Crippen LogP contribution is -2.29. The minimum atomic E-state index is 0.996.